The van der Waals surface area contributed by atoms with Gasteiger partial charge in [-0.05, 0) is 67.5 Å². The Balaban J connectivity index is 1.32. The minimum Gasteiger partial charge on any atom is -0.490 e. The monoisotopic (exact) mass is 477 g/mol. The van der Waals surface area contributed by atoms with E-state index >= 15 is 0 Å². The fraction of sp³-hybridized carbons (Fsp3) is 0.435. The second-order valence-electron chi connectivity index (χ2n) is 8.59. The first kappa shape index (κ1) is 23.5. The zero-order chi connectivity index (χ0) is 23.6. The Morgan fingerprint density at radius 3 is 2.61 bits per heavy atom. The maximum atomic E-state index is 14.0. The molecule has 10 heteroatoms. The minimum absolute atomic E-state index is 0.0629. The molecule has 1 saturated carbocycles. The van der Waals surface area contributed by atoms with Crippen LogP contribution in [0.25, 0.3) is 0 Å². The normalized spacial score (nSPS) is 19.4. The van der Waals surface area contributed by atoms with Gasteiger partial charge in [-0.25, -0.2) is 17.5 Å². The van der Waals surface area contributed by atoms with E-state index in [4.69, 9.17) is 4.74 Å². The van der Waals surface area contributed by atoms with E-state index < -0.39 is 28.2 Å². The van der Waals surface area contributed by atoms with E-state index in [2.05, 4.69) is 10.0 Å². The van der Waals surface area contributed by atoms with Gasteiger partial charge in [0.25, 0.3) is 0 Å². The van der Waals surface area contributed by atoms with E-state index in [0.717, 1.165) is 18.4 Å². The van der Waals surface area contributed by atoms with Crippen molar-refractivity contribution >= 4 is 21.6 Å². The molecule has 4 rings (SSSR count). The first-order valence-corrected chi connectivity index (χ1v) is 12.6. The van der Waals surface area contributed by atoms with Crippen LogP contribution >= 0.6 is 0 Å². The Bertz CT molecular complexity index is 1110. The summed E-state index contributed by atoms with van der Waals surface area (Å²) in [5, 5.41) is 12.2. The standard InChI is InChI=1S/C23H28FN3O5S/c1-15(18-6-9-20(24)21(12-18)32-14-17-2-3-17)26-33(30,31)11-10-16-4-7-19(8-5-16)27-13-22(28)25-23(27)29/h4-9,12,15,17,23,26,29H,2-3,10-11,13-14H2,1H3,(H,25,28)/t15-,23?/m1/s1. The number of carbonyl (C=O) groups is 1. The van der Waals surface area contributed by atoms with Gasteiger partial charge in [0.1, 0.15) is 6.54 Å². The van der Waals surface area contributed by atoms with Crippen LogP contribution in [-0.4, -0.2) is 44.7 Å². The molecule has 1 aliphatic heterocycles. The van der Waals surface area contributed by atoms with Crippen LogP contribution in [0.4, 0.5) is 10.1 Å². The van der Waals surface area contributed by atoms with Crippen molar-refractivity contribution < 1.29 is 27.4 Å². The van der Waals surface area contributed by atoms with Gasteiger partial charge in [-0.1, -0.05) is 18.2 Å². The summed E-state index contributed by atoms with van der Waals surface area (Å²) in [4.78, 5) is 12.9. The average molecular weight is 478 g/mol. The van der Waals surface area contributed by atoms with Gasteiger partial charge in [-0.2, -0.15) is 0 Å². The second-order valence-corrected chi connectivity index (χ2v) is 10.5. The van der Waals surface area contributed by atoms with Crippen LogP contribution < -0.4 is 19.7 Å². The van der Waals surface area contributed by atoms with Gasteiger partial charge < -0.3 is 20.1 Å². The smallest absolute Gasteiger partial charge is 0.243 e. The number of halogens is 1. The van der Waals surface area contributed by atoms with Gasteiger partial charge >= 0.3 is 0 Å². The van der Waals surface area contributed by atoms with E-state index in [1.165, 1.54) is 11.0 Å². The quantitative estimate of drug-likeness (QED) is 0.484. The number of ether oxygens (including phenoxy) is 1. The number of rotatable bonds is 10. The second kappa shape index (κ2) is 9.66. The number of aliphatic hydroxyl groups is 1. The molecule has 0 bridgehead atoms. The highest BCUT2D eigenvalue weighted by Crippen LogP contribution is 2.31. The zero-order valence-electron chi connectivity index (χ0n) is 18.3. The molecule has 2 fully saturated rings. The summed E-state index contributed by atoms with van der Waals surface area (Å²) in [6.07, 6.45) is 1.41. The van der Waals surface area contributed by atoms with Crippen LogP contribution in [-0.2, 0) is 21.2 Å². The molecule has 1 amide bonds. The maximum Gasteiger partial charge on any atom is 0.243 e. The number of nitrogens with one attached hydrogen (secondary N) is 2. The molecule has 2 aliphatic rings. The number of aryl methyl sites for hydroxylation is 1. The molecule has 8 nitrogen and oxygen atoms in total. The Morgan fingerprint density at radius 1 is 1.24 bits per heavy atom. The van der Waals surface area contributed by atoms with Crippen molar-refractivity contribution in [1.29, 1.82) is 0 Å². The highest BCUT2D eigenvalue weighted by Gasteiger charge is 2.28. The fourth-order valence-electron chi connectivity index (χ4n) is 3.64. The van der Waals surface area contributed by atoms with Crippen molar-refractivity contribution in [2.24, 2.45) is 5.92 Å². The third-order valence-electron chi connectivity index (χ3n) is 5.81. The number of carbonyl (C=O) groups excluding carboxylic acids is 1. The number of nitrogens with zero attached hydrogens (tertiary/aromatic N) is 1. The molecule has 1 unspecified atom stereocenters. The molecule has 0 aromatic heterocycles. The van der Waals surface area contributed by atoms with Crippen molar-refractivity contribution in [1.82, 2.24) is 10.0 Å². The largest absolute Gasteiger partial charge is 0.490 e. The molecule has 1 aliphatic carbocycles. The van der Waals surface area contributed by atoms with E-state index in [1.807, 2.05) is 0 Å². The zero-order valence-corrected chi connectivity index (χ0v) is 19.1. The molecule has 0 spiro atoms. The number of aliphatic hydroxyl groups excluding tert-OH is 1. The highest BCUT2D eigenvalue weighted by atomic mass is 32.2. The van der Waals surface area contributed by atoms with Crippen molar-refractivity contribution in [2.75, 3.05) is 23.8 Å². The topological polar surface area (TPSA) is 108 Å². The van der Waals surface area contributed by atoms with E-state index in [-0.39, 0.29) is 24.0 Å². The first-order valence-electron chi connectivity index (χ1n) is 11.0. The third-order valence-corrected chi connectivity index (χ3v) is 7.26. The van der Waals surface area contributed by atoms with E-state index in [0.29, 0.717) is 30.2 Å². The molecule has 3 N–H and O–H groups in total. The Labute approximate surface area is 192 Å². The lowest BCUT2D eigenvalue weighted by molar-refractivity contribution is -0.119. The fourth-order valence-corrected chi connectivity index (χ4v) is 4.93. The molecule has 2 aromatic rings. The van der Waals surface area contributed by atoms with E-state index in [9.17, 15) is 22.7 Å². The Morgan fingerprint density at radius 2 is 1.97 bits per heavy atom. The molecule has 178 valence electrons. The molecule has 1 heterocycles. The van der Waals surface area contributed by atoms with Crippen LogP contribution in [0.3, 0.4) is 0 Å². The Kier molecular flexibility index (Phi) is 6.87. The molecule has 0 radical (unpaired) electrons. The first-order chi connectivity index (χ1) is 15.7. The van der Waals surface area contributed by atoms with Crippen LogP contribution in [0, 0.1) is 11.7 Å². The van der Waals surface area contributed by atoms with Crippen molar-refractivity contribution in [2.45, 2.75) is 38.6 Å². The van der Waals surface area contributed by atoms with Gasteiger partial charge in [0, 0.05) is 11.7 Å². The molecule has 2 aromatic carbocycles. The summed E-state index contributed by atoms with van der Waals surface area (Å²) in [5.41, 5.74) is 2.10. The maximum absolute atomic E-state index is 14.0. The number of hydrogen-bond acceptors (Lipinski definition) is 6. The lowest BCUT2D eigenvalue weighted by atomic mass is 10.1. The number of anilines is 1. The predicted molar refractivity (Wildman–Crippen MR) is 122 cm³/mol. The van der Waals surface area contributed by atoms with Crippen molar-refractivity contribution in [3.63, 3.8) is 0 Å². The molecular formula is C23H28FN3O5S. The highest BCUT2D eigenvalue weighted by molar-refractivity contribution is 7.89. The minimum atomic E-state index is -3.60. The summed E-state index contributed by atoms with van der Waals surface area (Å²) in [6, 6.07) is 10.9. The van der Waals surface area contributed by atoms with E-state index in [1.54, 1.807) is 43.3 Å². The van der Waals surface area contributed by atoms with Gasteiger partial charge in [0.05, 0.1) is 12.4 Å². The number of benzene rings is 2. The summed E-state index contributed by atoms with van der Waals surface area (Å²) in [7, 11) is -3.60. The average Bonchev–Trinajstić information content (AvgIpc) is 3.54. The lowest BCUT2D eigenvalue weighted by Crippen LogP contribution is -2.35. The molecule has 2 atom stereocenters. The van der Waals surface area contributed by atoms with Crippen molar-refractivity contribution in [3.05, 3.63) is 59.4 Å². The SMILES string of the molecule is C[C@@H](NS(=O)(=O)CCc1ccc(N2CC(=O)NC2O)cc1)c1ccc(F)c(OCC2CC2)c1. The summed E-state index contributed by atoms with van der Waals surface area (Å²) < 4.78 is 47.4. The summed E-state index contributed by atoms with van der Waals surface area (Å²) in [5.74, 6) is -0.210. The molecule has 33 heavy (non-hydrogen) atoms. The Hall–Kier alpha value is -2.69. The summed E-state index contributed by atoms with van der Waals surface area (Å²) >= 11 is 0. The predicted octanol–water partition coefficient (Wildman–Crippen LogP) is 2.05. The number of amides is 1. The van der Waals surface area contributed by atoms with Gasteiger partial charge in [0.15, 0.2) is 11.6 Å². The molecular weight excluding hydrogens is 449 g/mol. The van der Waals surface area contributed by atoms with Crippen LogP contribution in [0.15, 0.2) is 42.5 Å². The third kappa shape index (κ3) is 6.21. The van der Waals surface area contributed by atoms with Crippen LogP contribution in [0.5, 0.6) is 5.75 Å². The van der Waals surface area contributed by atoms with Crippen LogP contribution in [0.1, 0.15) is 36.9 Å². The lowest BCUT2D eigenvalue weighted by Gasteiger charge is -2.20. The molecule has 1 saturated heterocycles. The van der Waals surface area contributed by atoms with Gasteiger partial charge in [-0.3, -0.25) is 4.79 Å². The van der Waals surface area contributed by atoms with Gasteiger partial charge in [-0.15, -0.1) is 0 Å². The van der Waals surface area contributed by atoms with Crippen LogP contribution in [0.2, 0.25) is 0 Å². The number of hydrogen-bond donors (Lipinski definition) is 3. The number of sulfonamides is 1. The van der Waals surface area contributed by atoms with Gasteiger partial charge in [0.2, 0.25) is 22.3 Å². The van der Waals surface area contributed by atoms with Crippen molar-refractivity contribution in [3.8, 4) is 5.75 Å². The summed E-state index contributed by atoms with van der Waals surface area (Å²) in [6.45, 7) is 2.25.